The van der Waals surface area contributed by atoms with Crippen molar-refractivity contribution in [2.75, 3.05) is 5.32 Å². The van der Waals surface area contributed by atoms with Crippen molar-refractivity contribution in [1.29, 1.82) is 0 Å². The first-order valence-electron chi connectivity index (χ1n) is 8.16. The predicted octanol–water partition coefficient (Wildman–Crippen LogP) is 3.72. The van der Waals surface area contributed by atoms with Crippen molar-refractivity contribution >= 4 is 28.8 Å². The molecule has 0 unspecified atom stereocenters. The van der Waals surface area contributed by atoms with Crippen molar-refractivity contribution in [1.82, 2.24) is 14.8 Å². The fourth-order valence-electron chi connectivity index (χ4n) is 2.61. The van der Waals surface area contributed by atoms with E-state index < -0.39 is 0 Å². The summed E-state index contributed by atoms with van der Waals surface area (Å²) in [6.45, 7) is 0.596. The number of furan rings is 1. The number of hydrogen-bond acceptors (Lipinski definition) is 4. The Labute approximate surface area is 149 Å². The van der Waals surface area contributed by atoms with Gasteiger partial charge in [-0.05, 0) is 29.8 Å². The van der Waals surface area contributed by atoms with Gasteiger partial charge >= 0.3 is 0 Å². The van der Waals surface area contributed by atoms with Crippen LogP contribution in [0.5, 0.6) is 0 Å². The lowest BCUT2D eigenvalue weighted by Crippen LogP contribution is -2.09. The van der Waals surface area contributed by atoms with Crippen molar-refractivity contribution < 1.29 is 9.21 Å². The number of rotatable bonds is 5. The van der Waals surface area contributed by atoms with Gasteiger partial charge in [0.1, 0.15) is 11.3 Å². The summed E-state index contributed by atoms with van der Waals surface area (Å²) in [5.74, 6) is 0.855. The van der Waals surface area contributed by atoms with Gasteiger partial charge in [0.15, 0.2) is 5.82 Å². The molecule has 0 radical (unpaired) electrons. The van der Waals surface area contributed by atoms with E-state index in [1.807, 2.05) is 48.7 Å². The Balaban J connectivity index is 1.38. The quantitative estimate of drug-likeness (QED) is 0.560. The topological polar surface area (TPSA) is 73.0 Å². The van der Waals surface area contributed by atoms with Crippen molar-refractivity contribution in [2.45, 2.75) is 6.54 Å². The lowest BCUT2D eigenvalue weighted by molar-refractivity contribution is -0.111. The van der Waals surface area contributed by atoms with Gasteiger partial charge in [0.25, 0.3) is 0 Å². The van der Waals surface area contributed by atoms with Crippen LogP contribution >= 0.6 is 0 Å². The number of benzene rings is 1. The molecule has 0 aliphatic carbocycles. The van der Waals surface area contributed by atoms with Crippen LogP contribution in [0.15, 0.2) is 77.6 Å². The van der Waals surface area contributed by atoms with E-state index in [-0.39, 0.29) is 5.91 Å². The van der Waals surface area contributed by atoms with Crippen LogP contribution in [-0.2, 0) is 11.3 Å². The highest BCUT2D eigenvalue weighted by Gasteiger charge is 2.04. The minimum Gasteiger partial charge on any atom is -0.457 e. The molecule has 0 fully saturated rings. The molecule has 6 nitrogen and oxygen atoms in total. The number of carbonyl (C=O) groups excluding carboxylic acids is 1. The molecule has 128 valence electrons. The molecule has 26 heavy (non-hydrogen) atoms. The molecule has 0 atom stereocenters. The van der Waals surface area contributed by atoms with E-state index in [2.05, 4.69) is 15.4 Å². The predicted molar refractivity (Wildman–Crippen MR) is 99.4 cm³/mol. The van der Waals surface area contributed by atoms with Gasteiger partial charge in [-0.1, -0.05) is 24.3 Å². The monoisotopic (exact) mass is 344 g/mol. The number of carbonyl (C=O) groups is 1. The molecular weight excluding hydrogens is 328 g/mol. The zero-order valence-electron chi connectivity index (χ0n) is 13.9. The molecule has 4 rings (SSSR count). The van der Waals surface area contributed by atoms with Crippen molar-refractivity contribution in [2.24, 2.45) is 0 Å². The number of amides is 1. The maximum Gasteiger partial charge on any atom is 0.249 e. The van der Waals surface area contributed by atoms with E-state index in [9.17, 15) is 4.79 Å². The molecule has 4 aromatic rings. The Morgan fingerprint density at radius 1 is 1.19 bits per heavy atom. The summed E-state index contributed by atoms with van der Waals surface area (Å²) >= 11 is 0. The first-order chi connectivity index (χ1) is 12.8. The van der Waals surface area contributed by atoms with Crippen LogP contribution in [0.25, 0.3) is 17.0 Å². The summed E-state index contributed by atoms with van der Waals surface area (Å²) in [5.41, 5.74) is 1.83. The lowest BCUT2D eigenvalue weighted by atomic mass is 10.2. The third-order valence-corrected chi connectivity index (χ3v) is 3.80. The van der Waals surface area contributed by atoms with E-state index in [4.69, 9.17) is 4.42 Å². The normalized spacial score (nSPS) is 11.2. The van der Waals surface area contributed by atoms with Gasteiger partial charge in [-0.2, -0.15) is 5.10 Å². The second-order valence-electron chi connectivity index (χ2n) is 5.77. The molecule has 0 saturated heterocycles. The number of aromatic nitrogens is 3. The molecule has 6 heteroatoms. The molecule has 3 heterocycles. The minimum absolute atomic E-state index is 0.267. The molecule has 1 aromatic carbocycles. The highest BCUT2D eigenvalue weighted by molar-refractivity contribution is 6.01. The van der Waals surface area contributed by atoms with E-state index in [1.54, 1.807) is 29.2 Å². The molecule has 0 spiro atoms. The van der Waals surface area contributed by atoms with Gasteiger partial charge in [-0.25, -0.2) is 0 Å². The SMILES string of the molecule is O=C(C=Cc1cc2ccccc2o1)Nc1ccn(Cc2cccnc2)n1. The summed E-state index contributed by atoms with van der Waals surface area (Å²) in [5, 5.41) is 8.07. The number of hydrogen-bond donors (Lipinski definition) is 1. The van der Waals surface area contributed by atoms with Gasteiger partial charge in [0.2, 0.25) is 5.91 Å². The Hall–Kier alpha value is -3.67. The van der Waals surface area contributed by atoms with Gasteiger partial charge in [0, 0.05) is 36.1 Å². The zero-order valence-corrected chi connectivity index (χ0v) is 13.9. The molecule has 1 amide bonds. The Morgan fingerprint density at radius 3 is 2.96 bits per heavy atom. The lowest BCUT2D eigenvalue weighted by Gasteiger charge is -2.01. The Morgan fingerprint density at radius 2 is 2.12 bits per heavy atom. The average molecular weight is 344 g/mol. The third-order valence-electron chi connectivity index (χ3n) is 3.80. The highest BCUT2D eigenvalue weighted by atomic mass is 16.3. The van der Waals surface area contributed by atoms with Crippen LogP contribution in [0.4, 0.5) is 5.82 Å². The summed E-state index contributed by atoms with van der Waals surface area (Å²) in [6.07, 6.45) is 8.40. The number of pyridine rings is 1. The molecule has 0 saturated carbocycles. The number of fused-ring (bicyclic) bond motifs is 1. The van der Waals surface area contributed by atoms with Gasteiger partial charge in [-0.3, -0.25) is 14.5 Å². The Kier molecular flexibility index (Phi) is 4.30. The fourth-order valence-corrected chi connectivity index (χ4v) is 2.61. The number of nitrogens with one attached hydrogen (secondary N) is 1. The summed E-state index contributed by atoms with van der Waals surface area (Å²) < 4.78 is 7.39. The summed E-state index contributed by atoms with van der Waals surface area (Å²) in [6, 6.07) is 15.2. The molecular formula is C20H16N4O2. The van der Waals surface area contributed by atoms with Crippen LogP contribution in [0.1, 0.15) is 11.3 Å². The maximum absolute atomic E-state index is 12.1. The number of anilines is 1. The van der Waals surface area contributed by atoms with Crippen LogP contribution in [0.3, 0.4) is 0 Å². The standard InChI is InChI=1S/C20H16N4O2/c25-20(8-7-17-12-16-5-1-2-6-18(16)26-17)22-19-9-11-24(23-19)14-15-4-3-10-21-13-15/h1-13H,14H2,(H,22,23,25). The van der Waals surface area contributed by atoms with Crippen LogP contribution in [0.2, 0.25) is 0 Å². The van der Waals surface area contributed by atoms with E-state index in [1.165, 1.54) is 6.08 Å². The second-order valence-corrected chi connectivity index (χ2v) is 5.77. The van der Waals surface area contributed by atoms with Gasteiger partial charge in [0.05, 0.1) is 6.54 Å². The van der Waals surface area contributed by atoms with Gasteiger partial charge in [-0.15, -0.1) is 0 Å². The fraction of sp³-hybridized carbons (Fsp3) is 0.0500. The van der Waals surface area contributed by atoms with Crippen molar-refractivity contribution in [3.05, 3.63) is 84.5 Å². The zero-order chi connectivity index (χ0) is 17.8. The first-order valence-corrected chi connectivity index (χ1v) is 8.16. The van der Waals surface area contributed by atoms with Crippen molar-refractivity contribution in [3.63, 3.8) is 0 Å². The second kappa shape index (κ2) is 7.06. The molecule has 3 aromatic heterocycles. The number of para-hydroxylation sites is 1. The minimum atomic E-state index is -0.267. The Bertz CT molecular complexity index is 1030. The molecule has 0 aliphatic heterocycles. The average Bonchev–Trinajstić information content (AvgIpc) is 3.27. The van der Waals surface area contributed by atoms with Crippen LogP contribution in [-0.4, -0.2) is 20.7 Å². The summed E-state index contributed by atoms with van der Waals surface area (Å²) in [4.78, 5) is 16.1. The van der Waals surface area contributed by atoms with E-state index in [0.717, 1.165) is 16.5 Å². The number of nitrogens with zero attached hydrogens (tertiary/aromatic N) is 3. The van der Waals surface area contributed by atoms with Crippen LogP contribution < -0.4 is 5.32 Å². The third kappa shape index (κ3) is 3.70. The molecule has 1 N–H and O–H groups in total. The van der Waals surface area contributed by atoms with E-state index >= 15 is 0 Å². The molecule has 0 bridgehead atoms. The van der Waals surface area contributed by atoms with Gasteiger partial charge < -0.3 is 9.73 Å². The smallest absolute Gasteiger partial charge is 0.249 e. The maximum atomic E-state index is 12.1. The molecule has 0 aliphatic rings. The van der Waals surface area contributed by atoms with E-state index in [0.29, 0.717) is 18.1 Å². The largest absolute Gasteiger partial charge is 0.457 e. The van der Waals surface area contributed by atoms with Crippen molar-refractivity contribution in [3.8, 4) is 0 Å². The highest BCUT2D eigenvalue weighted by Crippen LogP contribution is 2.19. The summed E-state index contributed by atoms with van der Waals surface area (Å²) in [7, 11) is 0. The van der Waals surface area contributed by atoms with Crippen LogP contribution in [0, 0.1) is 0 Å². The first kappa shape index (κ1) is 15.8.